The van der Waals surface area contributed by atoms with Gasteiger partial charge in [-0.1, -0.05) is 37.3 Å². The van der Waals surface area contributed by atoms with E-state index < -0.39 is 0 Å². The average molecular weight is 229 g/mol. The van der Waals surface area contributed by atoms with Crippen molar-refractivity contribution in [2.75, 3.05) is 0 Å². The van der Waals surface area contributed by atoms with E-state index in [9.17, 15) is 0 Å². The van der Waals surface area contributed by atoms with E-state index in [4.69, 9.17) is 10.2 Å². The molecular weight excluding hydrogens is 210 g/mol. The van der Waals surface area contributed by atoms with Crippen molar-refractivity contribution in [3.63, 3.8) is 0 Å². The first-order valence-electron chi connectivity index (χ1n) is 6.13. The van der Waals surface area contributed by atoms with Crippen LogP contribution in [0.3, 0.4) is 0 Å². The molecule has 0 bridgehead atoms. The zero-order valence-corrected chi connectivity index (χ0v) is 10.2. The maximum Gasteiger partial charge on any atom is 0.0935 e. The molecule has 0 amide bonds. The Balaban J connectivity index is 2.08. The highest BCUT2D eigenvalue weighted by Gasteiger charge is 2.18. The number of hydrogen-bond acceptors (Lipinski definition) is 2. The molecule has 2 heteroatoms. The number of furan rings is 1. The van der Waals surface area contributed by atoms with Gasteiger partial charge in [0.05, 0.1) is 12.5 Å². The third-order valence-corrected chi connectivity index (χ3v) is 3.24. The Kier molecular flexibility index (Phi) is 3.99. The van der Waals surface area contributed by atoms with Crippen molar-refractivity contribution < 1.29 is 4.42 Å². The standard InChI is InChI=1S/C15H19NO/c1-2-14(13-6-4-3-5-7-13)15(16)10-12-8-9-17-11-12/h3-9,11,14-15H,2,10,16H2,1H3. The van der Waals surface area contributed by atoms with Gasteiger partial charge in [-0.25, -0.2) is 0 Å². The molecule has 0 saturated carbocycles. The van der Waals surface area contributed by atoms with Crippen molar-refractivity contribution in [3.05, 3.63) is 60.1 Å². The van der Waals surface area contributed by atoms with Crippen LogP contribution in [0.2, 0.25) is 0 Å². The minimum absolute atomic E-state index is 0.139. The molecule has 0 spiro atoms. The normalized spacial score (nSPS) is 14.5. The summed E-state index contributed by atoms with van der Waals surface area (Å²) in [6.45, 7) is 2.19. The zero-order chi connectivity index (χ0) is 12.1. The third kappa shape index (κ3) is 2.98. The van der Waals surface area contributed by atoms with Crippen molar-refractivity contribution in [2.24, 2.45) is 5.73 Å². The van der Waals surface area contributed by atoms with Crippen molar-refractivity contribution >= 4 is 0 Å². The van der Waals surface area contributed by atoms with Crippen LogP contribution in [0.4, 0.5) is 0 Å². The molecule has 0 aliphatic heterocycles. The summed E-state index contributed by atoms with van der Waals surface area (Å²) in [7, 11) is 0. The maximum absolute atomic E-state index is 6.31. The van der Waals surface area contributed by atoms with Crippen LogP contribution >= 0.6 is 0 Å². The van der Waals surface area contributed by atoms with Gasteiger partial charge in [0.2, 0.25) is 0 Å². The lowest BCUT2D eigenvalue weighted by Crippen LogP contribution is -2.30. The minimum atomic E-state index is 0.139. The molecule has 2 unspecified atom stereocenters. The minimum Gasteiger partial charge on any atom is -0.472 e. The molecule has 0 fully saturated rings. The molecule has 1 aromatic carbocycles. The average Bonchev–Trinajstić information content (AvgIpc) is 2.84. The van der Waals surface area contributed by atoms with Crippen molar-refractivity contribution in [1.29, 1.82) is 0 Å². The van der Waals surface area contributed by atoms with E-state index in [0.717, 1.165) is 12.8 Å². The van der Waals surface area contributed by atoms with Crippen LogP contribution in [0.1, 0.15) is 30.4 Å². The topological polar surface area (TPSA) is 39.2 Å². The summed E-state index contributed by atoms with van der Waals surface area (Å²) in [5.41, 5.74) is 8.81. The fourth-order valence-electron chi connectivity index (χ4n) is 2.31. The lowest BCUT2D eigenvalue weighted by Gasteiger charge is -2.22. The van der Waals surface area contributed by atoms with Crippen molar-refractivity contribution in [3.8, 4) is 0 Å². The maximum atomic E-state index is 6.31. The molecule has 0 aliphatic carbocycles. The molecular formula is C15H19NO. The molecule has 2 atom stereocenters. The summed E-state index contributed by atoms with van der Waals surface area (Å²) in [5.74, 6) is 0.408. The third-order valence-electron chi connectivity index (χ3n) is 3.24. The van der Waals surface area contributed by atoms with Gasteiger partial charge in [0.15, 0.2) is 0 Å². The van der Waals surface area contributed by atoms with Crippen LogP contribution in [0.5, 0.6) is 0 Å². The first kappa shape index (κ1) is 11.9. The van der Waals surface area contributed by atoms with Crippen LogP contribution in [-0.2, 0) is 6.42 Å². The summed E-state index contributed by atoms with van der Waals surface area (Å²) in [6.07, 6.45) is 5.40. The first-order valence-corrected chi connectivity index (χ1v) is 6.13. The summed E-state index contributed by atoms with van der Waals surface area (Å²) in [5, 5.41) is 0. The summed E-state index contributed by atoms with van der Waals surface area (Å²) in [6, 6.07) is 12.6. The monoisotopic (exact) mass is 229 g/mol. The fraction of sp³-hybridized carbons (Fsp3) is 0.333. The molecule has 2 rings (SSSR count). The van der Waals surface area contributed by atoms with Gasteiger partial charge in [0.1, 0.15) is 0 Å². The highest BCUT2D eigenvalue weighted by Crippen LogP contribution is 2.24. The van der Waals surface area contributed by atoms with Gasteiger partial charge in [0.25, 0.3) is 0 Å². The Hall–Kier alpha value is -1.54. The zero-order valence-electron chi connectivity index (χ0n) is 10.2. The number of benzene rings is 1. The second kappa shape index (κ2) is 5.69. The molecule has 1 heterocycles. The van der Waals surface area contributed by atoms with Gasteiger partial charge in [-0.2, -0.15) is 0 Å². The van der Waals surface area contributed by atoms with Crippen LogP contribution < -0.4 is 5.73 Å². The molecule has 0 aliphatic rings. The lowest BCUT2D eigenvalue weighted by molar-refractivity contribution is 0.509. The van der Waals surface area contributed by atoms with Crippen LogP contribution in [0, 0.1) is 0 Å². The number of rotatable bonds is 5. The molecule has 1 aromatic heterocycles. The molecule has 0 saturated heterocycles. The molecule has 2 nitrogen and oxygen atoms in total. The Morgan fingerprint density at radius 3 is 2.53 bits per heavy atom. The Morgan fingerprint density at radius 1 is 1.18 bits per heavy atom. The van der Waals surface area contributed by atoms with Crippen LogP contribution in [-0.4, -0.2) is 6.04 Å². The Labute approximate surface area is 102 Å². The lowest BCUT2D eigenvalue weighted by atomic mass is 9.87. The predicted octanol–water partition coefficient (Wildman–Crippen LogP) is 3.34. The molecule has 17 heavy (non-hydrogen) atoms. The van der Waals surface area contributed by atoms with Crippen LogP contribution in [0.25, 0.3) is 0 Å². The van der Waals surface area contributed by atoms with Crippen molar-refractivity contribution in [2.45, 2.75) is 31.7 Å². The quantitative estimate of drug-likeness (QED) is 0.854. The van der Waals surface area contributed by atoms with E-state index >= 15 is 0 Å². The van der Waals surface area contributed by atoms with E-state index in [1.54, 1.807) is 12.5 Å². The second-order valence-corrected chi connectivity index (χ2v) is 4.43. The summed E-state index contributed by atoms with van der Waals surface area (Å²) >= 11 is 0. The highest BCUT2D eigenvalue weighted by atomic mass is 16.3. The fourth-order valence-corrected chi connectivity index (χ4v) is 2.31. The predicted molar refractivity (Wildman–Crippen MR) is 69.9 cm³/mol. The SMILES string of the molecule is CCC(c1ccccc1)C(N)Cc1ccoc1. The largest absolute Gasteiger partial charge is 0.472 e. The summed E-state index contributed by atoms with van der Waals surface area (Å²) < 4.78 is 5.08. The van der Waals surface area contributed by atoms with E-state index in [-0.39, 0.29) is 6.04 Å². The van der Waals surface area contributed by atoms with Gasteiger partial charge in [-0.3, -0.25) is 0 Å². The first-order chi connectivity index (χ1) is 8.31. The Bertz CT molecular complexity index is 421. The number of nitrogens with two attached hydrogens (primary N) is 1. The smallest absolute Gasteiger partial charge is 0.0935 e. The highest BCUT2D eigenvalue weighted by molar-refractivity contribution is 5.22. The van der Waals surface area contributed by atoms with Crippen molar-refractivity contribution in [1.82, 2.24) is 0 Å². The van der Waals surface area contributed by atoms with Gasteiger partial charge in [-0.15, -0.1) is 0 Å². The van der Waals surface area contributed by atoms with Gasteiger partial charge in [-0.05, 0) is 36.0 Å². The van der Waals surface area contributed by atoms with E-state index in [1.165, 1.54) is 11.1 Å². The van der Waals surface area contributed by atoms with E-state index in [0.29, 0.717) is 5.92 Å². The van der Waals surface area contributed by atoms with E-state index in [2.05, 4.69) is 31.2 Å². The van der Waals surface area contributed by atoms with Crippen LogP contribution in [0.15, 0.2) is 53.3 Å². The number of hydrogen-bond donors (Lipinski definition) is 1. The van der Waals surface area contributed by atoms with Gasteiger partial charge < -0.3 is 10.2 Å². The Morgan fingerprint density at radius 2 is 1.94 bits per heavy atom. The molecule has 2 aromatic rings. The molecule has 0 radical (unpaired) electrons. The molecule has 2 N–H and O–H groups in total. The molecule has 90 valence electrons. The van der Waals surface area contributed by atoms with Gasteiger partial charge in [0, 0.05) is 6.04 Å². The van der Waals surface area contributed by atoms with E-state index in [1.807, 2.05) is 12.1 Å². The summed E-state index contributed by atoms with van der Waals surface area (Å²) in [4.78, 5) is 0. The van der Waals surface area contributed by atoms with Gasteiger partial charge >= 0.3 is 0 Å². The second-order valence-electron chi connectivity index (χ2n) is 4.43.